The van der Waals surface area contributed by atoms with Gasteiger partial charge in [0.25, 0.3) is 5.92 Å². The third-order valence-corrected chi connectivity index (χ3v) is 6.67. The minimum absolute atomic E-state index is 0.0979. The molecule has 1 fully saturated rings. The van der Waals surface area contributed by atoms with Crippen molar-refractivity contribution in [3.05, 3.63) is 34.6 Å². The molecule has 0 amide bonds. The van der Waals surface area contributed by atoms with Gasteiger partial charge in [0.1, 0.15) is 12.4 Å². The summed E-state index contributed by atoms with van der Waals surface area (Å²) >= 11 is 0. The van der Waals surface area contributed by atoms with Gasteiger partial charge in [0, 0.05) is 30.0 Å². The molecular weight excluding hydrogens is 416 g/mol. The Labute approximate surface area is 184 Å². The zero-order valence-corrected chi connectivity index (χ0v) is 18.5. The molecule has 1 saturated heterocycles. The summed E-state index contributed by atoms with van der Waals surface area (Å²) < 4.78 is 33.0. The van der Waals surface area contributed by atoms with Gasteiger partial charge < -0.3 is 15.4 Å². The summed E-state index contributed by atoms with van der Waals surface area (Å²) in [6, 6.07) is 1.86. The molecule has 0 saturated carbocycles. The second kappa shape index (κ2) is 7.54. The number of alkyl halides is 2. The van der Waals surface area contributed by atoms with E-state index in [1.807, 2.05) is 6.20 Å². The fourth-order valence-corrected chi connectivity index (χ4v) is 4.82. The Morgan fingerprint density at radius 2 is 2.12 bits per heavy atom. The Balaban J connectivity index is 1.40. The molecule has 2 aromatic heterocycles. The number of rotatable bonds is 4. The highest BCUT2D eigenvalue weighted by molar-refractivity contribution is 5.94. The number of aryl methyl sites for hydroxylation is 1. The molecule has 8 nitrogen and oxygen atoms in total. The molecule has 0 unspecified atom stereocenters. The van der Waals surface area contributed by atoms with Crippen molar-refractivity contribution >= 4 is 22.4 Å². The van der Waals surface area contributed by atoms with Crippen LogP contribution in [0.4, 0.5) is 20.3 Å². The predicted octanol–water partition coefficient (Wildman–Crippen LogP) is 2.83. The number of hydrogen-bond acceptors (Lipinski definition) is 7. The Hall–Kier alpha value is -3.01. The summed E-state index contributed by atoms with van der Waals surface area (Å²) in [6.07, 6.45) is 2.33. The van der Waals surface area contributed by atoms with Crippen LogP contribution in [0.15, 0.2) is 12.3 Å². The fraction of sp³-hybridized carbons (Fsp3) is 0.500. The van der Waals surface area contributed by atoms with Gasteiger partial charge in [0.15, 0.2) is 0 Å². The highest BCUT2D eigenvalue weighted by Crippen LogP contribution is 2.36. The highest BCUT2D eigenvalue weighted by Gasteiger charge is 2.43. The molecule has 5 rings (SSSR count). The van der Waals surface area contributed by atoms with Crippen LogP contribution in [-0.2, 0) is 13.0 Å². The minimum Gasteiger partial charge on any atom is -0.462 e. The van der Waals surface area contributed by atoms with E-state index in [4.69, 9.17) is 10.5 Å². The van der Waals surface area contributed by atoms with Crippen molar-refractivity contribution in [2.45, 2.75) is 45.2 Å². The van der Waals surface area contributed by atoms with Crippen LogP contribution >= 0.6 is 0 Å². The average Bonchev–Trinajstić information content (AvgIpc) is 3.29. The van der Waals surface area contributed by atoms with E-state index in [2.05, 4.69) is 45.0 Å². The highest BCUT2D eigenvalue weighted by atomic mass is 19.3. The lowest BCUT2D eigenvalue weighted by Gasteiger charge is -2.32. The number of aromatic nitrogens is 4. The topological polar surface area (TPSA) is 96.2 Å². The monoisotopic (exact) mass is 443 g/mol. The van der Waals surface area contributed by atoms with Crippen molar-refractivity contribution in [2.24, 2.45) is 0 Å². The number of halogens is 2. The van der Waals surface area contributed by atoms with Crippen molar-refractivity contribution in [1.82, 2.24) is 25.1 Å². The molecule has 0 radical (unpaired) electrons. The molecule has 0 bridgehead atoms. The maximum Gasteiger partial charge on any atom is 0.318 e. The first-order valence-corrected chi connectivity index (χ1v) is 10.8. The van der Waals surface area contributed by atoms with Crippen LogP contribution in [-0.4, -0.2) is 63.8 Å². The lowest BCUT2D eigenvalue weighted by atomic mass is 9.99. The minimum atomic E-state index is -2.69. The number of ether oxygens (including phenoxy) is 1. The lowest BCUT2D eigenvalue weighted by molar-refractivity contribution is 0.0136. The lowest BCUT2D eigenvalue weighted by Crippen LogP contribution is -2.33. The predicted molar refractivity (Wildman–Crippen MR) is 118 cm³/mol. The van der Waals surface area contributed by atoms with Crippen LogP contribution in [0.2, 0.25) is 0 Å². The SMILES string of the molecule is Cc1cc2[nH]ncc2c(N2CCc3c(N)nc(OC[C@@H]4CC(F)(F)CN4C)nc3C2)c1C. The van der Waals surface area contributed by atoms with Crippen LogP contribution in [0.5, 0.6) is 6.01 Å². The first-order chi connectivity index (χ1) is 15.2. The van der Waals surface area contributed by atoms with E-state index in [0.717, 1.165) is 34.4 Å². The third-order valence-electron chi connectivity index (χ3n) is 6.67. The number of nitrogen functional groups attached to an aromatic ring is 1. The maximum absolute atomic E-state index is 13.7. The fourth-order valence-electron chi connectivity index (χ4n) is 4.82. The van der Waals surface area contributed by atoms with E-state index < -0.39 is 5.92 Å². The zero-order chi connectivity index (χ0) is 22.6. The van der Waals surface area contributed by atoms with E-state index in [1.165, 1.54) is 11.1 Å². The van der Waals surface area contributed by atoms with Crippen LogP contribution in [0.1, 0.15) is 28.8 Å². The molecule has 3 N–H and O–H groups in total. The average molecular weight is 444 g/mol. The largest absolute Gasteiger partial charge is 0.462 e. The summed E-state index contributed by atoms with van der Waals surface area (Å²) in [5, 5.41) is 8.34. The number of likely N-dealkylation sites (N-methyl/N-ethyl adjacent to an activating group) is 1. The number of hydrogen-bond donors (Lipinski definition) is 2. The van der Waals surface area contributed by atoms with E-state index in [9.17, 15) is 8.78 Å². The van der Waals surface area contributed by atoms with Crippen LogP contribution in [0.25, 0.3) is 10.9 Å². The van der Waals surface area contributed by atoms with E-state index in [0.29, 0.717) is 18.8 Å². The maximum atomic E-state index is 13.7. The number of nitrogens with one attached hydrogen (secondary N) is 1. The molecule has 1 atom stereocenters. The van der Waals surface area contributed by atoms with E-state index in [1.54, 1.807) is 11.9 Å². The Morgan fingerprint density at radius 3 is 2.88 bits per heavy atom. The molecule has 32 heavy (non-hydrogen) atoms. The van der Waals surface area contributed by atoms with Crippen molar-refractivity contribution in [3.8, 4) is 6.01 Å². The Bertz CT molecular complexity index is 1180. The van der Waals surface area contributed by atoms with E-state index in [-0.39, 0.29) is 31.6 Å². The van der Waals surface area contributed by atoms with Gasteiger partial charge in [0.05, 0.1) is 36.2 Å². The van der Waals surface area contributed by atoms with Crippen LogP contribution < -0.4 is 15.4 Å². The zero-order valence-electron chi connectivity index (χ0n) is 18.5. The van der Waals surface area contributed by atoms with Gasteiger partial charge in [-0.05, 0) is 44.5 Å². The standard InChI is InChI=1S/C22H27F2N7O/c1-12-6-17-16(8-26-29-17)19(13(12)2)31-5-4-15-18(9-31)27-21(28-20(15)25)32-10-14-7-22(23,24)11-30(14)3/h6,8,14H,4-5,7,9-11H2,1-3H3,(H,26,29)(H2,25,27,28)/t14-/m0/s1. The third kappa shape index (κ3) is 3.62. The van der Waals surface area contributed by atoms with Crippen molar-refractivity contribution < 1.29 is 13.5 Å². The Kier molecular flexibility index (Phi) is 4.92. The molecule has 0 aliphatic carbocycles. The number of nitrogens with zero attached hydrogens (tertiary/aromatic N) is 5. The van der Waals surface area contributed by atoms with Crippen molar-refractivity contribution in [2.75, 3.05) is 37.4 Å². The van der Waals surface area contributed by atoms with E-state index >= 15 is 0 Å². The van der Waals surface area contributed by atoms with Gasteiger partial charge in [-0.3, -0.25) is 10.00 Å². The van der Waals surface area contributed by atoms with Crippen molar-refractivity contribution in [3.63, 3.8) is 0 Å². The summed E-state index contributed by atoms with van der Waals surface area (Å²) in [5.74, 6) is -2.30. The molecule has 2 aliphatic rings. The van der Waals surface area contributed by atoms with Gasteiger partial charge in [-0.15, -0.1) is 0 Å². The molecular formula is C22H27F2N7O. The van der Waals surface area contributed by atoms with Gasteiger partial charge in [-0.1, -0.05) is 0 Å². The number of anilines is 2. The second-order valence-electron chi connectivity index (χ2n) is 8.93. The van der Waals surface area contributed by atoms with Gasteiger partial charge >= 0.3 is 6.01 Å². The first kappa shape index (κ1) is 20.9. The van der Waals surface area contributed by atoms with Crippen molar-refractivity contribution in [1.29, 1.82) is 0 Å². The summed E-state index contributed by atoms with van der Waals surface area (Å²) in [4.78, 5) is 12.8. The molecule has 3 aromatic rings. The molecule has 1 aromatic carbocycles. The number of benzene rings is 1. The number of fused-ring (bicyclic) bond motifs is 2. The molecule has 10 heteroatoms. The normalized spacial score (nSPS) is 20.7. The molecule has 170 valence electrons. The number of nitrogens with two attached hydrogens (primary N) is 1. The summed E-state index contributed by atoms with van der Waals surface area (Å²) in [7, 11) is 1.68. The quantitative estimate of drug-likeness (QED) is 0.640. The van der Waals surface area contributed by atoms with Gasteiger partial charge in [-0.25, -0.2) is 8.78 Å². The first-order valence-electron chi connectivity index (χ1n) is 10.8. The van der Waals surface area contributed by atoms with Crippen LogP contribution in [0.3, 0.4) is 0 Å². The van der Waals surface area contributed by atoms with Crippen LogP contribution in [0, 0.1) is 13.8 Å². The molecule has 2 aliphatic heterocycles. The molecule has 4 heterocycles. The summed E-state index contributed by atoms with van der Waals surface area (Å²) in [5.41, 5.74) is 12.5. The van der Waals surface area contributed by atoms with Gasteiger partial charge in [0.2, 0.25) is 0 Å². The van der Waals surface area contributed by atoms with Gasteiger partial charge in [-0.2, -0.15) is 15.1 Å². The molecule has 0 spiro atoms. The smallest absolute Gasteiger partial charge is 0.318 e. The summed E-state index contributed by atoms with van der Waals surface area (Å²) in [6.45, 7) is 5.38. The second-order valence-corrected chi connectivity index (χ2v) is 8.93. The number of aromatic amines is 1. The number of H-pyrrole nitrogens is 1. The number of likely N-dealkylation sites (tertiary alicyclic amines) is 1. The Morgan fingerprint density at radius 1 is 1.31 bits per heavy atom.